The number of hydrogen-bond donors (Lipinski definition) is 2. The maximum Gasteiger partial charge on any atom is 0.279 e. The Morgan fingerprint density at radius 2 is 2.09 bits per heavy atom. The van der Waals surface area contributed by atoms with Crippen LogP contribution in [0.1, 0.15) is 21.2 Å². The molecular formula is C14H12FN5OS2. The van der Waals surface area contributed by atoms with Crippen LogP contribution in [0, 0.1) is 19.7 Å². The fraction of sp³-hybridized carbons (Fsp3) is 0.143. The number of nitrogens with one attached hydrogen (secondary N) is 2. The summed E-state index contributed by atoms with van der Waals surface area (Å²) in [5.41, 5.74) is 1.53. The van der Waals surface area contributed by atoms with Gasteiger partial charge in [-0.25, -0.2) is 14.4 Å². The van der Waals surface area contributed by atoms with Crippen molar-refractivity contribution < 1.29 is 9.18 Å². The number of anilines is 3. The fourth-order valence-electron chi connectivity index (χ4n) is 1.84. The van der Waals surface area contributed by atoms with Gasteiger partial charge in [-0.2, -0.15) is 0 Å². The molecule has 3 aromatic heterocycles. The van der Waals surface area contributed by atoms with Crippen LogP contribution in [0.5, 0.6) is 0 Å². The van der Waals surface area contributed by atoms with Crippen LogP contribution in [0.15, 0.2) is 23.8 Å². The van der Waals surface area contributed by atoms with Gasteiger partial charge in [0.25, 0.3) is 5.91 Å². The van der Waals surface area contributed by atoms with Gasteiger partial charge in [-0.1, -0.05) is 0 Å². The van der Waals surface area contributed by atoms with E-state index in [2.05, 4.69) is 25.6 Å². The molecule has 0 aromatic carbocycles. The van der Waals surface area contributed by atoms with E-state index in [1.54, 1.807) is 6.92 Å². The summed E-state index contributed by atoms with van der Waals surface area (Å²) in [4.78, 5) is 24.6. The monoisotopic (exact) mass is 349 g/mol. The van der Waals surface area contributed by atoms with E-state index in [1.807, 2.05) is 12.3 Å². The van der Waals surface area contributed by atoms with E-state index in [-0.39, 0.29) is 11.6 Å². The molecule has 0 saturated heterocycles. The third-order valence-electron chi connectivity index (χ3n) is 2.75. The molecule has 3 aromatic rings. The number of hydrogen-bond acceptors (Lipinski definition) is 7. The van der Waals surface area contributed by atoms with Gasteiger partial charge in [-0.05, 0) is 13.8 Å². The average molecular weight is 349 g/mol. The minimum absolute atomic E-state index is 0.240. The van der Waals surface area contributed by atoms with Crippen molar-refractivity contribution >= 4 is 44.4 Å². The molecule has 3 rings (SSSR count). The second kappa shape index (κ2) is 6.39. The summed E-state index contributed by atoms with van der Waals surface area (Å²) in [6.07, 6.45) is 2.59. The number of aromatic nitrogens is 3. The molecular weight excluding hydrogens is 337 g/mol. The van der Waals surface area contributed by atoms with Gasteiger partial charge in [0.1, 0.15) is 10.8 Å². The molecule has 0 aliphatic carbocycles. The van der Waals surface area contributed by atoms with Gasteiger partial charge in [0.05, 0.1) is 28.8 Å². The number of thiazole rings is 2. The van der Waals surface area contributed by atoms with Crippen molar-refractivity contribution in [3.8, 4) is 0 Å². The third kappa shape index (κ3) is 3.69. The molecule has 0 fully saturated rings. The first kappa shape index (κ1) is 15.5. The fourth-order valence-corrected chi connectivity index (χ4v) is 3.36. The molecule has 0 aliphatic rings. The number of pyridine rings is 1. The highest BCUT2D eigenvalue weighted by Crippen LogP contribution is 2.28. The van der Waals surface area contributed by atoms with Crippen LogP contribution in [-0.4, -0.2) is 20.9 Å². The van der Waals surface area contributed by atoms with Gasteiger partial charge in [-0.3, -0.25) is 15.1 Å². The van der Waals surface area contributed by atoms with E-state index in [1.165, 1.54) is 34.9 Å². The minimum Gasteiger partial charge on any atom is -0.344 e. The molecule has 0 bridgehead atoms. The molecule has 6 nitrogen and oxygen atoms in total. The summed E-state index contributed by atoms with van der Waals surface area (Å²) in [7, 11) is 0. The number of halogens is 1. The molecule has 0 atom stereocenters. The highest BCUT2D eigenvalue weighted by Gasteiger charge is 2.18. The summed E-state index contributed by atoms with van der Waals surface area (Å²) >= 11 is 2.65. The lowest BCUT2D eigenvalue weighted by Crippen LogP contribution is -2.14. The van der Waals surface area contributed by atoms with E-state index in [9.17, 15) is 9.18 Å². The smallest absolute Gasteiger partial charge is 0.279 e. The molecule has 3 heterocycles. The average Bonchev–Trinajstić information content (AvgIpc) is 3.05. The molecule has 118 valence electrons. The molecule has 2 N–H and O–H groups in total. The molecule has 0 unspecified atom stereocenters. The molecule has 0 radical (unpaired) electrons. The number of rotatable bonds is 4. The van der Waals surface area contributed by atoms with E-state index < -0.39 is 5.82 Å². The Bertz CT molecular complexity index is 860. The predicted octanol–water partition coefficient (Wildman–Crippen LogP) is 3.75. The number of carbonyl (C=O) groups excluding carboxylic acids is 1. The quantitative estimate of drug-likeness (QED) is 0.750. The van der Waals surface area contributed by atoms with Gasteiger partial charge >= 0.3 is 0 Å². The van der Waals surface area contributed by atoms with E-state index >= 15 is 0 Å². The van der Waals surface area contributed by atoms with Crippen molar-refractivity contribution in [2.75, 3.05) is 10.6 Å². The van der Waals surface area contributed by atoms with Gasteiger partial charge in [0.2, 0.25) is 0 Å². The van der Waals surface area contributed by atoms with Gasteiger partial charge in [0.15, 0.2) is 10.8 Å². The maximum atomic E-state index is 13.2. The lowest BCUT2D eigenvalue weighted by molar-refractivity contribution is 0.102. The summed E-state index contributed by atoms with van der Waals surface area (Å²) in [5, 5.41) is 9.30. The lowest BCUT2D eigenvalue weighted by Gasteiger charge is -2.05. The third-order valence-corrected chi connectivity index (χ3v) is 4.51. The first-order chi connectivity index (χ1) is 11.0. The summed E-state index contributed by atoms with van der Waals surface area (Å²) < 4.78 is 13.2. The van der Waals surface area contributed by atoms with Crippen LogP contribution in [0.25, 0.3) is 0 Å². The van der Waals surface area contributed by atoms with Crippen LogP contribution in [0.3, 0.4) is 0 Å². The molecule has 9 heteroatoms. The molecule has 23 heavy (non-hydrogen) atoms. The molecule has 0 saturated carbocycles. The van der Waals surface area contributed by atoms with Gasteiger partial charge in [-0.15, -0.1) is 22.7 Å². The Hall–Kier alpha value is -2.39. The summed E-state index contributed by atoms with van der Waals surface area (Å²) in [6, 6.07) is 1.30. The Balaban J connectivity index is 1.83. The Morgan fingerprint density at radius 1 is 1.26 bits per heavy atom. The van der Waals surface area contributed by atoms with Crippen molar-refractivity contribution in [2.45, 2.75) is 13.8 Å². The van der Waals surface area contributed by atoms with Crippen molar-refractivity contribution in [1.29, 1.82) is 0 Å². The minimum atomic E-state index is -0.458. The highest BCUT2D eigenvalue weighted by atomic mass is 32.1. The zero-order valence-corrected chi connectivity index (χ0v) is 13.9. The number of carbonyl (C=O) groups is 1. The van der Waals surface area contributed by atoms with Crippen molar-refractivity contribution in [2.24, 2.45) is 0 Å². The lowest BCUT2D eigenvalue weighted by atomic mass is 10.3. The van der Waals surface area contributed by atoms with Crippen LogP contribution >= 0.6 is 22.7 Å². The van der Waals surface area contributed by atoms with E-state index in [4.69, 9.17) is 0 Å². The number of amides is 1. The Labute approximate surface area is 139 Å². The molecule has 0 spiro atoms. The molecule has 1 amide bonds. The predicted molar refractivity (Wildman–Crippen MR) is 89.1 cm³/mol. The summed E-state index contributed by atoms with van der Waals surface area (Å²) in [5.74, 6) is -0.823. The van der Waals surface area contributed by atoms with Crippen LogP contribution in [0.2, 0.25) is 0 Å². The SMILES string of the molecule is Cc1csc(NC(=O)c2nc(C)sc2Nc2cncc(F)c2)n1. The van der Waals surface area contributed by atoms with Gasteiger partial charge < -0.3 is 5.32 Å². The topological polar surface area (TPSA) is 79.8 Å². The van der Waals surface area contributed by atoms with Crippen LogP contribution < -0.4 is 10.6 Å². The number of aryl methyl sites for hydroxylation is 2. The molecule has 0 aliphatic heterocycles. The Kier molecular flexibility index (Phi) is 4.30. The highest BCUT2D eigenvalue weighted by molar-refractivity contribution is 7.16. The van der Waals surface area contributed by atoms with Crippen LogP contribution in [0.4, 0.5) is 20.2 Å². The second-order valence-electron chi connectivity index (χ2n) is 4.68. The standard InChI is InChI=1S/C14H12FN5OS2/c1-7-6-22-14(17-7)20-12(21)11-13(23-8(2)18-11)19-10-3-9(15)4-16-5-10/h3-6,19H,1-2H3,(H,17,20,21). The Morgan fingerprint density at radius 3 is 2.78 bits per heavy atom. The zero-order chi connectivity index (χ0) is 16.4. The second-order valence-corrected chi connectivity index (χ2v) is 6.74. The van der Waals surface area contributed by atoms with Crippen molar-refractivity contribution in [1.82, 2.24) is 15.0 Å². The van der Waals surface area contributed by atoms with Crippen molar-refractivity contribution in [3.63, 3.8) is 0 Å². The normalized spacial score (nSPS) is 10.6. The van der Waals surface area contributed by atoms with Gasteiger partial charge in [0, 0.05) is 11.4 Å². The number of nitrogens with zero attached hydrogens (tertiary/aromatic N) is 3. The van der Waals surface area contributed by atoms with Crippen LogP contribution in [-0.2, 0) is 0 Å². The summed E-state index contributed by atoms with van der Waals surface area (Å²) in [6.45, 7) is 3.65. The first-order valence-electron chi connectivity index (χ1n) is 6.60. The zero-order valence-electron chi connectivity index (χ0n) is 12.3. The van der Waals surface area contributed by atoms with E-state index in [0.29, 0.717) is 15.8 Å². The largest absolute Gasteiger partial charge is 0.344 e. The van der Waals surface area contributed by atoms with E-state index in [0.717, 1.165) is 16.9 Å². The maximum absolute atomic E-state index is 13.2. The first-order valence-corrected chi connectivity index (χ1v) is 8.29. The van der Waals surface area contributed by atoms with Crippen molar-refractivity contribution in [3.05, 3.63) is 46.1 Å².